The second kappa shape index (κ2) is 4.55. The standard InChI is InChI=1S/C13H13N3O2S/c1-7-12(19-6-14-7)8(2)15-9-3-4-11-10(5-9)16-13(17)18-11/h3-6,8,15H,1-2H3,(H,16,17). The lowest BCUT2D eigenvalue weighted by Crippen LogP contribution is -2.06. The number of aryl methyl sites for hydroxylation is 1. The lowest BCUT2D eigenvalue weighted by Gasteiger charge is -2.14. The minimum absolute atomic E-state index is 0.170. The first-order chi connectivity index (χ1) is 9.13. The van der Waals surface area contributed by atoms with E-state index in [1.54, 1.807) is 17.4 Å². The third kappa shape index (κ3) is 2.26. The van der Waals surface area contributed by atoms with Crippen molar-refractivity contribution in [2.45, 2.75) is 19.9 Å². The van der Waals surface area contributed by atoms with Gasteiger partial charge >= 0.3 is 5.76 Å². The van der Waals surface area contributed by atoms with Gasteiger partial charge in [-0.15, -0.1) is 11.3 Å². The zero-order chi connectivity index (χ0) is 13.4. The number of anilines is 1. The maximum absolute atomic E-state index is 11.1. The summed E-state index contributed by atoms with van der Waals surface area (Å²) in [6.07, 6.45) is 0. The Balaban J connectivity index is 1.88. The van der Waals surface area contributed by atoms with Crippen molar-refractivity contribution < 1.29 is 4.42 Å². The fraction of sp³-hybridized carbons (Fsp3) is 0.231. The summed E-state index contributed by atoms with van der Waals surface area (Å²) in [6.45, 7) is 4.09. The van der Waals surface area contributed by atoms with Crippen LogP contribution in [0.3, 0.4) is 0 Å². The number of aromatic nitrogens is 2. The van der Waals surface area contributed by atoms with Crippen LogP contribution in [0, 0.1) is 6.92 Å². The Bertz CT molecular complexity index is 771. The zero-order valence-corrected chi connectivity index (χ0v) is 11.4. The molecule has 1 unspecified atom stereocenters. The largest absolute Gasteiger partial charge is 0.417 e. The fourth-order valence-corrected chi connectivity index (χ4v) is 2.89. The Labute approximate surface area is 113 Å². The molecule has 0 fully saturated rings. The molecular weight excluding hydrogens is 262 g/mol. The van der Waals surface area contributed by atoms with E-state index >= 15 is 0 Å². The number of benzene rings is 1. The quantitative estimate of drug-likeness (QED) is 0.770. The number of nitrogens with one attached hydrogen (secondary N) is 2. The van der Waals surface area contributed by atoms with E-state index in [1.165, 1.54) is 4.88 Å². The molecule has 5 nitrogen and oxygen atoms in total. The number of aromatic amines is 1. The Morgan fingerprint density at radius 3 is 3.05 bits per heavy atom. The first-order valence-corrected chi connectivity index (χ1v) is 6.81. The average Bonchev–Trinajstić information content (AvgIpc) is 2.93. The van der Waals surface area contributed by atoms with Gasteiger partial charge in [-0.1, -0.05) is 0 Å². The summed E-state index contributed by atoms with van der Waals surface area (Å²) in [5.74, 6) is -0.432. The highest BCUT2D eigenvalue weighted by atomic mass is 32.1. The molecule has 2 aromatic heterocycles. The number of rotatable bonds is 3. The van der Waals surface area contributed by atoms with Crippen LogP contribution < -0.4 is 11.1 Å². The summed E-state index contributed by atoms with van der Waals surface area (Å²) < 4.78 is 4.97. The van der Waals surface area contributed by atoms with Crippen molar-refractivity contribution in [3.05, 3.63) is 44.8 Å². The highest BCUT2D eigenvalue weighted by molar-refractivity contribution is 7.09. The van der Waals surface area contributed by atoms with Gasteiger partial charge < -0.3 is 9.73 Å². The highest BCUT2D eigenvalue weighted by Crippen LogP contribution is 2.26. The van der Waals surface area contributed by atoms with Crippen LogP contribution >= 0.6 is 11.3 Å². The second-order valence-corrected chi connectivity index (χ2v) is 5.28. The molecule has 3 aromatic rings. The van der Waals surface area contributed by atoms with Crippen LogP contribution in [0.5, 0.6) is 0 Å². The summed E-state index contributed by atoms with van der Waals surface area (Å²) in [5.41, 5.74) is 5.09. The minimum atomic E-state index is -0.432. The molecule has 0 saturated heterocycles. The van der Waals surface area contributed by atoms with Crippen LogP contribution in [0.2, 0.25) is 0 Å². The molecule has 0 spiro atoms. The van der Waals surface area contributed by atoms with Gasteiger partial charge in [0.2, 0.25) is 0 Å². The number of hydrogen-bond acceptors (Lipinski definition) is 5. The summed E-state index contributed by atoms with van der Waals surface area (Å²) in [7, 11) is 0. The normalized spacial score (nSPS) is 12.7. The number of thiazole rings is 1. The van der Waals surface area contributed by atoms with Crippen LogP contribution in [0.15, 0.2) is 32.9 Å². The van der Waals surface area contributed by atoms with Gasteiger partial charge in [-0.25, -0.2) is 9.78 Å². The van der Waals surface area contributed by atoms with Crippen LogP contribution in [0.4, 0.5) is 5.69 Å². The summed E-state index contributed by atoms with van der Waals surface area (Å²) in [5, 5.41) is 3.39. The highest BCUT2D eigenvalue weighted by Gasteiger charge is 2.11. The van der Waals surface area contributed by atoms with Gasteiger partial charge in [0.25, 0.3) is 0 Å². The maximum atomic E-state index is 11.1. The van der Waals surface area contributed by atoms with Crippen molar-refractivity contribution >= 4 is 28.1 Å². The lowest BCUT2D eigenvalue weighted by atomic mass is 10.2. The van der Waals surface area contributed by atoms with Crippen molar-refractivity contribution in [3.63, 3.8) is 0 Å². The van der Waals surface area contributed by atoms with E-state index < -0.39 is 5.76 Å². The van der Waals surface area contributed by atoms with Crippen LogP contribution in [0.1, 0.15) is 23.5 Å². The molecule has 98 valence electrons. The van der Waals surface area contributed by atoms with E-state index in [0.717, 1.165) is 11.4 Å². The second-order valence-electron chi connectivity index (χ2n) is 4.39. The predicted molar refractivity (Wildman–Crippen MR) is 75.7 cm³/mol. The summed E-state index contributed by atoms with van der Waals surface area (Å²) >= 11 is 1.63. The third-order valence-electron chi connectivity index (χ3n) is 2.98. The first kappa shape index (κ1) is 12.0. The number of fused-ring (bicyclic) bond motifs is 1. The topological polar surface area (TPSA) is 70.9 Å². The molecule has 2 N–H and O–H groups in total. The maximum Gasteiger partial charge on any atom is 0.417 e. The van der Waals surface area contributed by atoms with E-state index in [-0.39, 0.29) is 6.04 Å². The van der Waals surface area contributed by atoms with Crippen LogP contribution in [-0.2, 0) is 0 Å². The molecule has 2 heterocycles. The molecule has 1 atom stereocenters. The Hall–Kier alpha value is -2.08. The predicted octanol–water partition coefficient (Wildman–Crippen LogP) is 3.06. The Morgan fingerprint density at radius 2 is 2.32 bits per heavy atom. The molecule has 0 saturated carbocycles. The SMILES string of the molecule is Cc1ncsc1C(C)Nc1ccc2oc(=O)[nH]c2c1. The van der Waals surface area contributed by atoms with Crippen LogP contribution in [-0.4, -0.2) is 9.97 Å². The van der Waals surface area contributed by atoms with E-state index in [4.69, 9.17) is 4.42 Å². The average molecular weight is 275 g/mol. The lowest BCUT2D eigenvalue weighted by molar-refractivity contribution is 0.555. The molecule has 0 aliphatic heterocycles. The van der Waals surface area contributed by atoms with Gasteiger partial charge in [0.15, 0.2) is 5.58 Å². The minimum Gasteiger partial charge on any atom is -0.408 e. The van der Waals surface area contributed by atoms with E-state index in [9.17, 15) is 4.79 Å². The number of nitrogens with zero attached hydrogens (tertiary/aromatic N) is 1. The monoisotopic (exact) mass is 275 g/mol. The van der Waals surface area contributed by atoms with E-state index in [1.807, 2.05) is 24.6 Å². The molecular formula is C13H13N3O2S. The molecule has 0 bridgehead atoms. The number of hydrogen-bond donors (Lipinski definition) is 2. The van der Waals surface area contributed by atoms with Crippen molar-refractivity contribution in [2.24, 2.45) is 0 Å². The first-order valence-electron chi connectivity index (χ1n) is 5.93. The molecule has 6 heteroatoms. The summed E-state index contributed by atoms with van der Waals surface area (Å²) in [6, 6.07) is 5.71. The van der Waals surface area contributed by atoms with Gasteiger partial charge in [0.1, 0.15) is 0 Å². The zero-order valence-electron chi connectivity index (χ0n) is 10.6. The molecule has 19 heavy (non-hydrogen) atoms. The Morgan fingerprint density at radius 1 is 1.47 bits per heavy atom. The van der Waals surface area contributed by atoms with Gasteiger partial charge in [-0.05, 0) is 32.0 Å². The van der Waals surface area contributed by atoms with Gasteiger partial charge in [-0.3, -0.25) is 4.98 Å². The number of H-pyrrole nitrogens is 1. The van der Waals surface area contributed by atoms with Gasteiger partial charge in [0, 0.05) is 10.6 Å². The van der Waals surface area contributed by atoms with E-state index in [2.05, 4.69) is 22.2 Å². The van der Waals surface area contributed by atoms with Crippen molar-refractivity contribution in [1.82, 2.24) is 9.97 Å². The van der Waals surface area contributed by atoms with Gasteiger partial charge in [-0.2, -0.15) is 0 Å². The molecule has 0 aliphatic carbocycles. The third-order valence-corrected chi connectivity index (χ3v) is 4.09. The molecule has 0 amide bonds. The Kier molecular flexibility index (Phi) is 2.87. The van der Waals surface area contributed by atoms with Crippen molar-refractivity contribution in [1.29, 1.82) is 0 Å². The molecule has 1 aromatic carbocycles. The molecule has 3 rings (SSSR count). The van der Waals surface area contributed by atoms with E-state index in [0.29, 0.717) is 11.1 Å². The van der Waals surface area contributed by atoms with Crippen LogP contribution in [0.25, 0.3) is 11.1 Å². The van der Waals surface area contributed by atoms with Crippen molar-refractivity contribution in [3.8, 4) is 0 Å². The molecule has 0 radical (unpaired) electrons. The molecule has 0 aliphatic rings. The summed E-state index contributed by atoms with van der Waals surface area (Å²) in [4.78, 5) is 19.2. The smallest absolute Gasteiger partial charge is 0.408 e. The fourth-order valence-electron chi connectivity index (χ4n) is 2.08. The van der Waals surface area contributed by atoms with Crippen molar-refractivity contribution in [2.75, 3.05) is 5.32 Å². The number of oxazole rings is 1. The van der Waals surface area contributed by atoms with Gasteiger partial charge in [0.05, 0.1) is 22.8 Å².